The third-order valence-electron chi connectivity index (χ3n) is 5.27. The highest BCUT2D eigenvalue weighted by Crippen LogP contribution is 2.36. The number of hydrogen-bond donors (Lipinski definition) is 1. The lowest BCUT2D eigenvalue weighted by Crippen LogP contribution is -2.26. The predicted molar refractivity (Wildman–Crippen MR) is 114 cm³/mol. The molecule has 1 aliphatic rings. The van der Waals surface area contributed by atoms with Crippen molar-refractivity contribution >= 4 is 24.8 Å². The van der Waals surface area contributed by atoms with Gasteiger partial charge in [0.15, 0.2) is 0 Å². The van der Waals surface area contributed by atoms with Gasteiger partial charge >= 0.3 is 0 Å². The highest BCUT2D eigenvalue weighted by Gasteiger charge is 2.36. The lowest BCUT2D eigenvalue weighted by Gasteiger charge is -2.21. The second-order valence-electron chi connectivity index (χ2n) is 6.84. The summed E-state index contributed by atoms with van der Waals surface area (Å²) in [5.41, 5.74) is 8.26. The number of nitrogens with zero attached hydrogens (tertiary/aromatic N) is 4. The fourth-order valence-corrected chi connectivity index (χ4v) is 3.71. The van der Waals surface area contributed by atoms with Gasteiger partial charge in [-0.1, -0.05) is 35.5 Å². The third-order valence-corrected chi connectivity index (χ3v) is 5.27. The van der Waals surface area contributed by atoms with Crippen molar-refractivity contribution in [2.45, 2.75) is 18.9 Å². The van der Waals surface area contributed by atoms with E-state index in [0.29, 0.717) is 30.1 Å². The zero-order valence-corrected chi connectivity index (χ0v) is 17.3. The lowest BCUT2D eigenvalue weighted by molar-refractivity contribution is 0.202. The molecule has 8 heteroatoms. The number of likely N-dealkylation sites (tertiary alicyclic amines) is 1. The first-order valence-corrected chi connectivity index (χ1v) is 8.99. The van der Waals surface area contributed by atoms with Gasteiger partial charge < -0.3 is 10.3 Å². The molecule has 0 amide bonds. The summed E-state index contributed by atoms with van der Waals surface area (Å²) >= 11 is 0. The average molecular weight is 422 g/mol. The second kappa shape index (κ2) is 9.98. The molecule has 28 heavy (non-hydrogen) atoms. The number of halogens is 2. The molecule has 1 fully saturated rings. The molecule has 0 spiro atoms. The summed E-state index contributed by atoms with van der Waals surface area (Å²) in [4.78, 5) is 11.1. The van der Waals surface area contributed by atoms with Gasteiger partial charge in [-0.05, 0) is 37.1 Å². The van der Waals surface area contributed by atoms with Crippen LogP contribution in [0.5, 0.6) is 0 Å². The van der Waals surface area contributed by atoms with Crippen LogP contribution < -0.4 is 5.73 Å². The molecule has 1 aliphatic heterocycles. The zero-order valence-electron chi connectivity index (χ0n) is 15.6. The van der Waals surface area contributed by atoms with Gasteiger partial charge in [0.1, 0.15) is 0 Å². The van der Waals surface area contributed by atoms with Gasteiger partial charge in [0.2, 0.25) is 11.7 Å². The van der Waals surface area contributed by atoms with Gasteiger partial charge in [0, 0.05) is 37.0 Å². The minimum Gasteiger partial charge on any atom is -0.337 e. The minimum atomic E-state index is 0. The van der Waals surface area contributed by atoms with Crippen LogP contribution in [0.25, 0.3) is 11.4 Å². The molecule has 2 N–H and O–H groups in total. The number of rotatable bonds is 5. The molecule has 6 nitrogen and oxygen atoms in total. The summed E-state index contributed by atoms with van der Waals surface area (Å²) in [5, 5.41) is 4.12. The van der Waals surface area contributed by atoms with Crippen molar-refractivity contribution in [3.63, 3.8) is 0 Å². The molecule has 0 aliphatic carbocycles. The molecule has 3 atom stereocenters. The van der Waals surface area contributed by atoms with Crippen LogP contribution in [0.15, 0.2) is 59.4 Å². The van der Waals surface area contributed by atoms with Gasteiger partial charge in [0.05, 0.1) is 6.04 Å². The summed E-state index contributed by atoms with van der Waals surface area (Å²) in [7, 11) is 0. The van der Waals surface area contributed by atoms with Crippen LogP contribution >= 0.6 is 24.8 Å². The molecule has 3 heterocycles. The number of nitrogens with two attached hydrogens (primary N) is 1. The van der Waals surface area contributed by atoms with Gasteiger partial charge in [-0.25, -0.2) is 0 Å². The normalized spacial score (nSPS) is 20.2. The molecule has 1 aromatic carbocycles. The predicted octanol–water partition coefficient (Wildman–Crippen LogP) is 3.71. The van der Waals surface area contributed by atoms with E-state index in [0.717, 1.165) is 18.7 Å². The van der Waals surface area contributed by atoms with Crippen molar-refractivity contribution in [2.24, 2.45) is 11.7 Å². The molecule has 0 saturated carbocycles. The van der Waals surface area contributed by atoms with Crippen molar-refractivity contribution in [3.8, 4) is 11.4 Å². The summed E-state index contributed by atoms with van der Waals surface area (Å²) < 4.78 is 5.54. The summed E-state index contributed by atoms with van der Waals surface area (Å²) in [6.45, 7) is 4.66. The van der Waals surface area contributed by atoms with E-state index in [9.17, 15) is 0 Å². The van der Waals surface area contributed by atoms with Crippen LogP contribution in [0.1, 0.15) is 30.3 Å². The Hall–Kier alpha value is -1.99. The molecule has 0 radical (unpaired) electrons. The molecule has 1 saturated heterocycles. The Kier molecular flexibility index (Phi) is 7.95. The highest BCUT2D eigenvalue weighted by atomic mass is 35.5. The van der Waals surface area contributed by atoms with E-state index in [-0.39, 0.29) is 30.9 Å². The lowest BCUT2D eigenvalue weighted by atomic mass is 9.89. The maximum Gasteiger partial charge on any atom is 0.244 e. The van der Waals surface area contributed by atoms with Gasteiger partial charge in [-0.15, -0.1) is 24.8 Å². The van der Waals surface area contributed by atoms with Crippen molar-refractivity contribution in [1.29, 1.82) is 0 Å². The van der Waals surface area contributed by atoms with Crippen molar-refractivity contribution in [1.82, 2.24) is 20.0 Å². The monoisotopic (exact) mass is 421 g/mol. The molecule has 1 unspecified atom stereocenters. The number of benzene rings is 1. The smallest absolute Gasteiger partial charge is 0.244 e. The van der Waals surface area contributed by atoms with E-state index < -0.39 is 0 Å². The first-order valence-electron chi connectivity index (χ1n) is 8.99. The molecule has 2 aromatic heterocycles. The van der Waals surface area contributed by atoms with E-state index in [1.165, 1.54) is 5.56 Å². The van der Waals surface area contributed by atoms with Crippen LogP contribution in [0.2, 0.25) is 0 Å². The van der Waals surface area contributed by atoms with Crippen molar-refractivity contribution in [2.75, 3.05) is 19.6 Å². The first-order chi connectivity index (χ1) is 12.8. The third kappa shape index (κ3) is 4.52. The van der Waals surface area contributed by atoms with Crippen LogP contribution in [0.4, 0.5) is 0 Å². The second-order valence-corrected chi connectivity index (χ2v) is 6.84. The van der Waals surface area contributed by atoms with Crippen molar-refractivity contribution < 1.29 is 4.52 Å². The van der Waals surface area contributed by atoms with E-state index >= 15 is 0 Å². The van der Waals surface area contributed by atoms with Gasteiger partial charge in [-0.2, -0.15) is 4.98 Å². The molecule has 3 aromatic rings. The minimum absolute atomic E-state index is 0. The van der Waals surface area contributed by atoms with E-state index in [1.54, 1.807) is 12.4 Å². The number of hydrogen-bond acceptors (Lipinski definition) is 6. The van der Waals surface area contributed by atoms with Crippen LogP contribution in [-0.4, -0.2) is 39.7 Å². The topological polar surface area (TPSA) is 81.1 Å². The number of pyridine rings is 1. The van der Waals surface area contributed by atoms with Crippen LogP contribution in [0.3, 0.4) is 0 Å². The number of aromatic nitrogens is 3. The molecule has 0 bridgehead atoms. The highest BCUT2D eigenvalue weighted by molar-refractivity contribution is 5.85. The fraction of sp³-hybridized carbons (Fsp3) is 0.350. The average Bonchev–Trinajstić information content (AvgIpc) is 3.36. The molecule has 4 rings (SSSR count). The quantitative estimate of drug-likeness (QED) is 0.675. The molecular weight excluding hydrogens is 397 g/mol. The molecule has 150 valence electrons. The maximum absolute atomic E-state index is 6.06. The maximum atomic E-state index is 6.06. The summed E-state index contributed by atoms with van der Waals surface area (Å²) in [5.74, 6) is 2.08. The zero-order chi connectivity index (χ0) is 17.9. The van der Waals surface area contributed by atoms with E-state index in [4.69, 9.17) is 10.3 Å². The fourth-order valence-electron chi connectivity index (χ4n) is 3.71. The summed E-state index contributed by atoms with van der Waals surface area (Å²) in [6, 6.07) is 14.5. The largest absolute Gasteiger partial charge is 0.337 e. The Balaban J connectivity index is 0.00000140. The Morgan fingerprint density at radius 1 is 1.14 bits per heavy atom. The Morgan fingerprint density at radius 2 is 1.93 bits per heavy atom. The van der Waals surface area contributed by atoms with Gasteiger partial charge in [0.25, 0.3) is 0 Å². The molecular formula is C20H25Cl2N5O. The first kappa shape index (κ1) is 22.3. The Bertz CT molecular complexity index is 846. The van der Waals surface area contributed by atoms with Crippen LogP contribution in [0, 0.1) is 5.92 Å². The SMILES string of the molecule is CC(c1nc(-c2cccnc2)no1)N1C[C@@H](CN)[C@H](c2ccccc2)C1.Cl.Cl. The Morgan fingerprint density at radius 3 is 2.61 bits per heavy atom. The summed E-state index contributed by atoms with van der Waals surface area (Å²) in [6.07, 6.45) is 3.47. The van der Waals surface area contributed by atoms with Gasteiger partial charge in [-0.3, -0.25) is 9.88 Å². The standard InChI is InChI=1S/C20H23N5O.2ClH/c1-14(20-23-19(24-26-20)16-8-5-9-22-11-16)25-12-17(10-21)18(13-25)15-6-3-2-4-7-15;;/h2-9,11,14,17-18H,10,12-13,21H2,1H3;2*1H/t14?,17-,18+;;/m1../s1. The van der Waals surface area contributed by atoms with Crippen LogP contribution in [-0.2, 0) is 0 Å². The van der Waals surface area contributed by atoms with Crippen molar-refractivity contribution in [3.05, 3.63) is 66.3 Å². The van der Waals surface area contributed by atoms with E-state index in [2.05, 4.69) is 57.3 Å². The Labute approximate surface area is 177 Å². The van der Waals surface area contributed by atoms with E-state index in [1.807, 2.05) is 12.1 Å².